The van der Waals surface area contributed by atoms with Gasteiger partial charge in [-0.25, -0.2) is 18.7 Å². The van der Waals surface area contributed by atoms with E-state index < -0.39 is 5.82 Å². The van der Waals surface area contributed by atoms with Crippen LogP contribution >= 0.6 is 0 Å². The van der Waals surface area contributed by atoms with Crippen molar-refractivity contribution in [2.45, 2.75) is 12.8 Å². The predicted octanol–water partition coefficient (Wildman–Crippen LogP) is 5.25. The monoisotopic (exact) mass is 508 g/mol. The van der Waals surface area contributed by atoms with E-state index in [0.717, 1.165) is 12.8 Å². The second-order valence-electron chi connectivity index (χ2n) is 9.16. The molecule has 1 aliphatic carbocycles. The average molecular weight is 508 g/mol. The zero-order valence-electron chi connectivity index (χ0n) is 19.7. The van der Waals surface area contributed by atoms with E-state index in [-0.39, 0.29) is 34.2 Å². The molecule has 11 heteroatoms. The molecule has 1 aliphatic rings. The number of nitrogens with one attached hydrogen (secondary N) is 3. The van der Waals surface area contributed by atoms with Gasteiger partial charge in [0.05, 0.1) is 28.5 Å². The molecule has 0 aliphatic heterocycles. The van der Waals surface area contributed by atoms with Gasteiger partial charge in [0.1, 0.15) is 22.8 Å². The summed E-state index contributed by atoms with van der Waals surface area (Å²) in [6.45, 7) is 0. The van der Waals surface area contributed by atoms with Crippen molar-refractivity contribution in [2.75, 3.05) is 5.32 Å². The molecule has 5 heterocycles. The van der Waals surface area contributed by atoms with Crippen molar-refractivity contribution in [3.63, 3.8) is 0 Å². The van der Waals surface area contributed by atoms with Crippen LogP contribution in [0.15, 0.2) is 61.2 Å². The summed E-state index contributed by atoms with van der Waals surface area (Å²) in [5.41, 5.74) is 3.83. The molecule has 1 aromatic carbocycles. The van der Waals surface area contributed by atoms with Crippen LogP contribution < -0.4 is 5.32 Å². The van der Waals surface area contributed by atoms with Gasteiger partial charge in [-0.15, -0.1) is 0 Å². The number of aromatic nitrogens is 7. The van der Waals surface area contributed by atoms with E-state index in [1.807, 2.05) is 0 Å². The number of rotatable bonds is 5. The molecule has 6 aromatic rings. The number of anilines is 1. The van der Waals surface area contributed by atoms with E-state index in [4.69, 9.17) is 0 Å². The minimum atomic E-state index is -0.560. The number of hydrogen-bond donors (Lipinski definition) is 3. The van der Waals surface area contributed by atoms with Gasteiger partial charge in [0.15, 0.2) is 11.5 Å². The number of fused-ring (bicyclic) bond motifs is 2. The Morgan fingerprint density at radius 3 is 2.76 bits per heavy atom. The maximum atomic E-state index is 16.0. The fourth-order valence-corrected chi connectivity index (χ4v) is 4.47. The quantitative estimate of drug-likeness (QED) is 0.292. The summed E-state index contributed by atoms with van der Waals surface area (Å²) >= 11 is 0. The van der Waals surface area contributed by atoms with Crippen LogP contribution in [0.4, 0.5) is 14.5 Å². The lowest BCUT2D eigenvalue weighted by molar-refractivity contribution is -0.117. The Kier molecular flexibility index (Phi) is 4.96. The molecule has 7 rings (SSSR count). The third kappa shape index (κ3) is 3.76. The van der Waals surface area contributed by atoms with E-state index >= 15 is 4.39 Å². The summed E-state index contributed by atoms with van der Waals surface area (Å²) in [7, 11) is 0. The molecule has 0 spiro atoms. The third-order valence-electron chi connectivity index (χ3n) is 6.52. The summed E-state index contributed by atoms with van der Waals surface area (Å²) in [5, 5.41) is 9.98. The molecule has 3 N–H and O–H groups in total. The van der Waals surface area contributed by atoms with Crippen LogP contribution in [0.2, 0.25) is 0 Å². The van der Waals surface area contributed by atoms with Crippen molar-refractivity contribution in [2.24, 2.45) is 5.92 Å². The van der Waals surface area contributed by atoms with Gasteiger partial charge in [0.25, 0.3) is 0 Å². The number of carbonyl (C=O) groups excluding carboxylic acids is 1. The van der Waals surface area contributed by atoms with Gasteiger partial charge in [-0.05, 0) is 37.1 Å². The predicted molar refractivity (Wildman–Crippen MR) is 137 cm³/mol. The smallest absolute Gasteiger partial charge is 0.227 e. The largest absolute Gasteiger partial charge is 0.337 e. The van der Waals surface area contributed by atoms with Gasteiger partial charge < -0.3 is 10.3 Å². The number of H-pyrrole nitrogens is 2. The number of carbonyl (C=O) groups is 1. The standard InChI is InChI=1S/C27H18F2N8O/c28-16-3-1-2-14(8-16)22-23-19(6-7-31-22)34-26(35-23)24-20-21(29)18(12-32-25(20)37-36-24)15-9-17(11-30-10-15)33-27(38)13-4-5-13/h1-3,6-13H,4-5H2,(H,33,38)(H,34,35)(H,32,36,37). The normalized spacial score (nSPS) is 13.3. The van der Waals surface area contributed by atoms with Crippen molar-refractivity contribution < 1.29 is 13.6 Å². The Morgan fingerprint density at radius 2 is 1.92 bits per heavy atom. The van der Waals surface area contributed by atoms with E-state index in [0.29, 0.717) is 45.1 Å². The van der Waals surface area contributed by atoms with E-state index in [2.05, 4.69) is 40.4 Å². The van der Waals surface area contributed by atoms with E-state index in [1.54, 1.807) is 30.5 Å². The molecule has 0 unspecified atom stereocenters. The number of pyridine rings is 3. The lowest BCUT2D eigenvalue weighted by Gasteiger charge is -2.08. The van der Waals surface area contributed by atoms with Crippen LogP contribution in [0.3, 0.4) is 0 Å². The lowest BCUT2D eigenvalue weighted by Crippen LogP contribution is -2.13. The fraction of sp³-hybridized carbons (Fsp3) is 0.111. The van der Waals surface area contributed by atoms with E-state index in [9.17, 15) is 9.18 Å². The zero-order valence-corrected chi connectivity index (χ0v) is 19.7. The highest BCUT2D eigenvalue weighted by Gasteiger charge is 2.29. The number of imidazole rings is 1. The molecule has 0 saturated heterocycles. The Labute approximate surface area is 213 Å². The highest BCUT2D eigenvalue weighted by atomic mass is 19.1. The average Bonchev–Trinajstić information content (AvgIpc) is 3.54. The summed E-state index contributed by atoms with van der Waals surface area (Å²) in [6, 6.07) is 9.49. The fourth-order valence-electron chi connectivity index (χ4n) is 4.47. The molecule has 9 nitrogen and oxygen atoms in total. The highest BCUT2D eigenvalue weighted by molar-refractivity contribution is 5.97. The van der Waals surface area contributed by atoms with Crippen LogP contribution in [0.25, 0.3) is 56.0 Å². The van der Waals surface area contributed by atoms with Crippen molar-refractivity contribution in [1.29, 1.82) is 0 Å². The minimum Gasteiger partial charge on any atom is -0.337 e. The van der Waals surface area contributed by atoms with Gasteiger partial charge in [-0.3, -0.25) is 19.9 Å². The van der Waals surface area contributed by atoms with Crippen LogP contribution in [0.5, 0.6) is 0 Å². The first kappa shape index (κ1) is 22.2. The molecule has 0 bridgehead atoms. The van der Waals surface area contributed by atoms with Crippen molar-refractivity contribution in [3.8, 4) is 33.9 Å². The molecular weight excluding hydrogens is 490 g/mol. The maximum Gasteiger partial charge on any atom is 0.227 e. The molecule has 38 heavy (non-hydrogen) atoms. The maximum absolute atomic E-state index is 16.0. The van der Waals surface area contributed by atoms with Crippen LogP contribution in [0, 0.1) is 17.6 Å². The second kappa shape index (κ2) is 8.51. The van der Waals surface area contributed by atoms with Crippen molar-refractivity contribution in [1.82, 2.24) is 35.1 Å². The first-order valence-electron chi connectivity index (χ1n) is 11.9. The second-order valence-corrected chi connectivity index (χ2v) is 9.16. The van der Waals surface area contributed by atoms with Crippen molar-refractivity contribution in [3.05, 3.63) is 72.8 Å². The molecule has 186 valence electrons. The number of amides is 1. The summed E-state index contributed by atoms with van der Waals surface area (Å²) in [5.74, 6) is -0.651. The molecule has 0 atom stereocenters. The van der Waals surface area contributed by atoms with Gasteiger partial charge in [0, 0.05) is 41.2 Å². The van der Waals surface area contributed by atoms with Gasteiger partial charge in [-0.2, -0.15) is 5.10 Å². The van der Waals surface area contributed by atoms with E-state index in [1.165, 1.54) is 30.7 Å². The van der Waals surface area contributed by atoms with Gasteiger partial charge >= 0.3 is 0 Å². The Hall–Kier alpha value is -5.06. The number of aromatic amines is 2. The number of halogens is 2. The first-order chi connectivity index (χ1) is 18.5. The van der Waals surface area contributed by atoms with Crippen LogP contribution in [-0.2, 0) is 4.79 Å². The molecule has 1 fully saturated rings. The third-order valence-corrected chi connectivity index (χ3v) is 6.52. The highest BCUT2D eigenvalue weighted by Crippen LogP contribution is 2.35. The molecule has 1 amide bonds. The number of benzene rings is 1. The molecule has 1 saturated carbocycles. The summed E-state index contributed by atoms with van der Waals surface area (Å²) in [6.07, 6.45) is 7.76. The topological polar surface area (TPSA) is 125 Å². The molecular formula is C27H18F2N8O. The Morgan fingerprint density at radius 1 is 1.03 bits per heavy atom. The molecule has 5 aromatic heterocycles. The SMILES string of the molecule is O=C(Nc1cncc(-c2cnc3n[nH]c(-c4nc5c(-c6cccc(F)c6)nccc5[nH]4)c3c2F)c1)C1CC1. The zero-order chi connectivity index (χ0) is 25.8. The van der Waals surface area contributed by atoms with Crippen molar-refractivity contribution >= 4 is 33.7 Å². The summed E-state index contributed by atoms with van der Waals surface area (Å²) in [4.78, 5) is 32.9. The minimum absolute atomic E-state index is 0.0299. The van der Waals surface area contributed by atoms with Crippen LogP contribution in [-0.4, -0.2) is 41.0 Å². The molecule has 0 radical (unpaired) electrons. The number of nitrogens with zero attached hydrogens (tertiary/aromatic N) is 5. The number of hydrogen-bond acceptors (Lipinski definition) is 6. The Bertz CT molecular complexity index is 1870. The Balaban J connectivity index is 1.32. The van der Waals surface area contributed by atoms with Crippen LogP contribution in [0.1, 0.15) is 12.8 Å². The van der Waals surface area contributed by atoms with Gasteiger partial charge in [-0.1, -0.05) is 12.1 Å². The summed E-state index contributed by atoms with van der Waals surface area (Å²) < 4.78 is 29.9. The van der Waals surface area contributed by atoms with Gasteiger partial charge in [0.2, 0.25) is 5.91 Å². The first-order valence-corrected chi connectivity index (χ1v) is 11.9. The lowest BCUT2D eigenvalue weighted by atomic mass is 10.1.